The minimum absolute atomic E-state index is 0.0842. The molecule has 7 nitrogen and oxygen atoms in total. The van der Waals surface area contributed by atoms with Gasteiger partial charge in [-0.2, -0.15) is 0 Å². The molecule has 0 radical (unpaired) electrons. The number of hydrogen-bond donors (Lipinski definition) is 2. The average Bonchev–Trinajstić information content (AvgIpc) is 2.87. The standard InChI is InChI=1S/C17H22N6O/c24-16-8-15(20-10-21-16)12-2-1-7-23(9-12)17-13-3-5-18-6-4-14(13)19-11-22-17/h8,10-12,18H,1-7,9H2,(H,20,21,24)/t12-/m1/s1. The van der Waals surface area contributed by atoms with Gasteiger partial charge >= 0.3 is 0 Å². The lowest BCUT2D eigenvalue weighted by atomic mass is 9.94. The van der Waals surface area contributed by atoms with E-state index in [1.54, 1.807) is 12.4 Å². The Bertz CT molecular complexity index is 774. The van der Waals surface area contributed by atoms with Gasteiger partial charge in [0, 0.05) is 43.6 Å². The zero-order chi connectivity index (χ0) is 16.4. The highest BCUT2D eigenvalue weighted by Crippen LogP contribution is 2.30. The molecule has 2 aliphatic heterocycles. The number of aromatic amines is 1. The molecule has 7 heteroatoms. The van der Waals surface area contributed by atoms with Crippen LogP contribution in [0.4, 0.5) is 5.82 Å². The lowest BCUT2D eigenvalue weighted by molar-refractivity contribution is 0.496. The minimum atomic E-state index is -0.0842. The van der Waals surface area contributed by atoms with E-state index in [0.717, 1.165) is 63.4 Å². The van der Waals surface area contributed by atoms with Crippen molar-refractivity contribution in [2.45, 2.75) is 31.6 Å². The van der Waals surface area contributed by atoms with Gasteiger partial charge in [0.15, 0.2) is 0 Å². The Kier molecular flexibility index (Phi) is 4.25. The van der Waals surface area contributed by atoms with Crippen molar-refractivity contribution in [3.8, 4) is 0 Å². The van der Waals surface area contributed by atoms with Gasteiger partial charge in [-0.3, -0.25) is 4.79 Å². The van der Waals surface area contributed by atoms with Crippen LogP contribution in [-0.4, -0.2) is 46.1 Å². The summed E-state index contributed by atoms with van der Waals surface area (Å²) in [6, 6.07) is 1.62. The normalized spacial score (nSPS) is 21.2. The molecule has 4 heterocycles. The van der Waals surface area contributed by atoms with Gasteiger partial charge < -0.3 is 15.2 Å². The molecule has 1 atom stereocenters. The van der Waals surface area contributed by atoms with E-state index in [0.29, 0.717) is 0 Å². The lowest BCUT2D eigenvalue weighted by Gasteiger charge is -2.34. The maximum atomic E-state index is 11.6. The number of fused-ring (bicyclic) bond motifs is 1. The van der Waals surface area contributed by atoms with Gasteiger partial charge in [-0.25, -0.2) is 15.0 Å². The van der Waals surface area contributed by atoms with Gasteiger partial charge in [-0.15, -0.1) is 0 Å². The third-order valence-electron chi connectivity index (χ3n) is 4.94. The summed E-state index contributed by atoms with van der Waals surface area (Å²) in [7, 11) is 0. The Morgan fingerprint density at radius 2 is 2.08 bits per heavy atom. The number of hydrogen-bond acceptors (Lipinski definition) is 6. The van der Waals surface area contributed by atoms with Crippen molar-refractivity contribution in [2.75, 3.05) is 31.1 Å². The van der Waals surface area contributed by atoms with Crippen molar-refractivity contribution >= 4 is 5.82 Å². The highest BCUT2D eigenvalue weighted by atomic mass is 16.1. The maximum absolute atomic E-state index is 11.6. The van der Waals surface area contributed by atoms with Crippen molar-refractivity contribution in [3.63, 3.8) is 0 Å². The molecular weight excluding hydrogens is 304 g/mol. The van der Waals surface area contributed by atoms with Gasteiger partial charge in [-0.1, -0.05) is 0 Å². The topological polar surface area (TPSA) is 86.8 Å². The molecule has 0 spiro atoms. The van der Waals surface area contributed by atoms with Crippen LogP contribution < -0.4 is 15.8 Å². The zero-order valence-corrected chi connectivity index (χ0v) is 13.7. The summed E-state index contributed by atoms with van der Waals surface area (Å²) in [4.78, 5) is 30.0. The van der Waals surface area contributed by atoms with Crippen LogP contribution in [0.3, 0.4) is 0 Å². The molecule has 2 N–H and O–H groups in total. The molecule has 2 aromatic rings. The van der Waals surface area contributed by atoms with E-state index in [4.69, 9.17) is 0 Å². The Morgan fingerprint density at radius 3 is 3.00 bits per heavy atom. The fraction of sp³-hybridized carbons (Fsp3) is 0.529. The van der Waals surface area contributed by atoms with Crippen LogP contribution in [0.25, 0.3) is 0 Å². The number of H-pyrrole nitrogens is 1. The monoisotopic (exact) mass is 326 g/mol. The maximum Gasteiger partial charge on any atom is 0.250 e. The van der Waals surface area contributed by atoms with E-state index in [-0.39, 0.29) is 11.5 Å². The predicted octanol–water partition coefficient (Wildman–Crippen LogP) is 0.632. The number of rotatable bonds is 2. The Balaban J connectivity index is 1.62. The van der Waals surface area contributed by atoms with Gasteiger partial charge in [0.25, 0.3) is 5.56 Å². The third kappa shape index (κ3) is 3.03. The highest BCUT2D eigenvalue weighted by Gasteiger charge is 2.26. The van der Waals surface area contributed by atoms with E-state index in [1.807, 2.05) is 0 Å². The number of anilines is 1. The smallest absolute Gasteiger partial charge is 0.250 e. The highest BCUT2D eigenvalue weighted by molar-refractivity contribution is 5.50. The van der Waals surface area contributed by atoms with E-state index in [9.17, 15) is 4.79 Å². The number of aromatic nitrogens is 4. The van der Waals surface area contributed by atoms with Crippen molar-refractivity contribution in [1.29, 1.82) is 0 Å². The predicted molar refractivity (Wildman–Crippen MR) is 91.4 cm³/mol. The molecule has 4 rings (SSSR count). The SMILES string of the molecule is O=c1cc([C@@H]2CCCN(c3ncnc4c3CCNCC4)C2)nc[nH]1. The van der Waals surface area contributed by atoms with Crippen LogP contribution in [0.1, 0.15) is 35.7 Å². The van der Waals surface area contributed by atoms with Gasteiger partial charge in [-0.05, 0) is 25.8 Å². The van der Waals surface area contributed by atoms with Crippen LogP contribution in [0.2, 0.25) is 0 Å². The lowest BCUT2D eigenvalue weighted by Crippen LogP contribution is -2.36. The van der Waals surface area contributed by atoms with Gasteiger partial charge in [0.1, 0.15) is 12.1 Å². The van der Waals surface area contributed by atoms with Gasteiger partial charge in [0.2, 0.25) is 0 Å². The quantitative estimate of drug-likeness (QED) is 0.842. The fourth-order valence-electron chi connectivity index (χ4n) is 3.75. The first-order chi connectivity index (χ1) is 11.8. The van der Waals surface area contributed by atoms with E-state index >= 15 is 0 Å². The average molecular weight is 326 g/mol. The Labute approximate surface area is 140 Å². The van der Waals surface area contributed by atoms with Crippen molar-refractivity contribution < 1.29 is 0 Å². The van der Waals surface area contributed by atoms with Crippen molar-refractivity contribution in [3.05, 3.63) is 46.0 Å². The largest absolute Gasteiger partial charge is 0.356 e. The summed E-state index contributed by atoms with van der Waals surface area (Å²) in [5.74, 6) is 1.34. The van der Waals surface area contributed by atoms with Crippen LogP contribution in [0.15, 0.2) is 23.5 Å². The molecule has 0 aromatic carbocycles. The second-order valence-corrected chi connectivity index (χ2v) is 6.49. The first-order valence-electron chi connectivity index (χ1n) is 8.64. The number of nitrogens with one attached hydrogen (secondary N) is 2. The molecule has 2 aliphatic rings. The molecule has 0 unspecified atom stereocenters. The summed E-state index contributed by atoms with van der Waals surface area (Å²) in [6.45, 7) is 3.80. The van der Waals surface area contributed by atoms with E-state index in [1.165, 1.54) is 17.6 Å². The third-order valence-corrected chi connectivity index (χ3v) is 4.94. The summed E-state index contributed by atoms with van der Waals surface area (Å²) >= 11 is 0. The first kappa shape index (κ1) is 15.3. The molecule has 2 aromatic heterocycles. The number of piperidine rings is 1. The van der Waals surface area contributed by atoms with Crippen molar-refractivity contribution in [2.24, 2.45) is 0 Å². The Morgan fingerprint density at radius 1 is 1.17 bits per heavy atom. The molecule has 0 aliphatic carbocycles. The molecular formula is C17H22N6O. The van der Waals surface area contributed by atoms with E-state index in [2.05, 4.69) is 30.2 Å². The second kappa shape index (κ2) is 6.68. The number of nitrogens with zero attached hydrogens (tertiary/aromatic N) is 4. The second-order valence-electron chi connectivity index (χ2n) is 6.49. The molecule has 0 saturated carbocycles. The van der Waals surface area contributed by atoms with Gasteiger partial charge in [0.05, 0.1) is 17.7 Å². The summed E-state index contributed by atoms with van der Waals surface area (Å²) < 4.78 is 0. The summed E-state index contributed by atoms with van der Waals surface area (Å²) in [5, 5.41) is 3.43. The summed E-state index contributed by atoms with van der Waals surface area (Å²) in [5.41, 5.74) is 3.24. The van der Waals surface area contributed by atoms with Crippen LogP contribution in [0, 0.1) is 0 Å². The van der Waals surface area contributed by atoms with Crippen LogP contribution >= 0.6 is 0 Å². The van der Waals surface area contributed by atoms with Crippen LogP contribution in [-0.2, 0) is 12.8 Å². The van der Waals surface area contributed by atoms with E-state index < -0.39 is 0 Å². The minimum Gasteiger partial charge on any atom is -0.356 e. The molecule has 24 heavy (non-hydrogen) atoms. The molecule has 126 valence electrons. The first-order valence-corrected chi connectivity index (χ1v) is 8.64. The van der Waals surface area contributed by atoms with Crippen molar-refractivity contribution in [1.82, 2.24) is 25.3 Å². The summed E-state index contributed by atoms with van der Waals surface area (Å²) in [6.07, 6.45) is 7.25. The fourth-order valence-corrected chi connectivity index (χ4v) is 3.75. The molecule has 0 bridgehead atoms. The Hall–Kier alpha value is -2.28. The molecule has 0 amide bonds. The molecule has 1 saturated heterocycles. The molecule has 1 fully saturated rings. The zero-order valence-electron chi connectivity index (χ0n) is 13.7. The van der Waals surface area contributed by atoms with Crippen LogP contribution in [0.5, 0.6) is 0 Å².